The van der Waals surface area contributed by atoms with Crippen LogP contribution in [0.3, 0.4) is 0 Å². The van der Waals surface area contributed by atoms with Gasteiger partial charge in [0.1, 0.15) is 0 Å². The largest absolute Gasteiger partial charge is 0.332 e. The normalized spacial score (nSPS) is 10.9. The Kier molecular flexibility index (Phi) is 5.55. The molecule has 3 aromatic heterocycles. The minimum atomic E-state index is 0.443. The van der Waals surface area contributed by atoms with Crippen molar-refractivity contribution in [2.45, 2.75) is 25.7 Å². The Balaban J connectivity index is 1.81. The Morgan fingerprint density at radius 3 is 2.59 bits per heavy atom. The molecule has 0 spiro atoms. The third-order valence-corrected chi connectivity index (χ3v) is 5.43. The van der Waals surface area contributed by atoms with E-state index in [1.807, 2.05) is 48.4 Å². The van der Waals surface area contributed by atoms with E-state index in [-0.39, 0.29) is 0 Å². The van der Waals surface area contributed by atoms with Crippen LogP contribution in [0.1, 0.15) is 23.1 Å². The van der Waals surface area contributed by atoms with Crippen molar-refractivity contribution < 1.29 is 0 Å². The van der Waals surface area contributed by atoms with Crippen molar-refractivity contribution in [1.29, 1.82) is 5.26 Å². The van der Waals surface area contributed by atoms with Gasteiger partial charge in [0.25, 0.3) is 0 Å². The van der Waals surface area contributed by atoms with E-state index in [1.54, 1.807) is 6.33 Å². The van der Waals surface area contributed by atoms with Gasteiger partial charge in [0, 0.05) is 36.3 Å². The molecule has 0 aliphatic heterocycles. The lowest BCUT2D eigenvalue weighted by atomic mass is 9.97. The summed E-state index contributed by atoms with van der Waals surface area (Å²) in [6.07, 6.45) is 10.1. The number of hydrogen-bond donors (Lipinski definition) is 0. The second kappa shape index (κ2) is 8.42. The second-order valence-corrected chi connectivity index (χ2v) is 7.44. The first kappa shape index (κ1) is 19.1. The highest BCUT2D eigenvalue weighted by Gasteiger charge is 2.13. The molecule has 0 saturated carbocycles. The van der Waals surface area contributed by atoms with Crippen LogP contribution in [0, 0.1) is 11.3 Å². The summed E-state index contributed by atoms with van der Waals surface area (Å²) in [7, 11) is 1.96. The fraction of sp³-hybridized carbons (Fsp3) is 0.217. The lowest BCUT2D eigenvalue weighted by Crippen LogP contribution is -1.99. The van der Waals surface area contributed by atoms with Crippen LogP contribution < -0.4 is 0 Å². The summed E-state index contributed by atoms with van der Waals surface area (Å²) in [5.41, 5.74) is 6.13. The minimum absolute atomic E-state index is 0.443. The highest BCUT2D eigenvalue weighted by molar-refractivity contribution is 6.32. The first-order valence-electron chi connectivity index (χ1n) is 9.50. The van der Waals surface area contributed by atoms with Gasteiger partial charge in [-0.1, -0.05) is 11.6 Å². The van der Waals surface area contributed by atoms with Gasteiger partial charge in [0.2, 0.25) is 0 Å². The number of fused-ring (bicyclic) bond motifs is 1. The van der Waals surface area contributed by atoms with E-state index in [1.165, 1.54) is 11.1 Å². The highest BCUT2D eigenvalue weighted by atomic mass is 35.5. The summed E-state index contributed by atoms with van der Waals surface area (Å²) in [5.74, 6) is 0. The van der Waals surface area contributed by atoms with Gasteiger partial charge in [-0.15, -0.1) is 0 Å². The van der Waals surface area contributed by atoms with E-state index in [0.29, 0.717) is 17.9 Å². The maximum atomic E-state index is 8.95. The number of imidazole rings is 1. The number of pyridine rings is 2. The van der Waals surface area contributed by atoms with Gasteiger partial charge >= 0.3 is 0 Å². The molecule has 0 N–H and O–H groups in total. The quantitative estimate of drug-likeness (QED) is 0.459. The standard InChI is InChI=1S/C23H20ClN5/c1-29-15-27-14-23(29)22-12-17(5-4-16-6-9-26-10-7-16)19-11-18(3-2-8-25)20(24)13-21(19)28-22/h6-7,9-15H,2-5H2,1H3. The van der Waals surface area contributed by atoms with Crippen molar-refractivity contribution >= 4 is 22.5 Å². The number of benzene rings is 1. The van der Waals surface area contributed by atoms with E-state index in [9.17, 15) is 0 Å². The van der Waals surface area contributed by atoms with Crippen LogP contribution in [0.2, 0.25) is 5.02 Å². The molecule has 4 rings (SSSR count). The summed E-state index contributed by atoms with van der Waals surface area (Å²) in [5, 5.41) is 10.7. The van der Waals surface area contributed by atoms with Gasteiger partial charge in [-0.25, -0.2) is 9.97 Å². The lowest BCUT2D eigenvalue weighted by molar-refractivity contribution is 0.915. The van der Waals surface area contributed by atoms with Crippen LogP contribution >= 0.6 is 11.6 Å². The average molecular weight is 402 g/mol. The van der Waals surface area contributed by atoms with Crippen LogP contribution in [0.5, 0.6) is 0 Å². The van der Waals surface area contributed by atoms with E-state index in [2.05, 4.69) is 28.2 Å². The summed E-state index contributed by atoms with van der Waals surface area (Å²) in [6, 6.07) is 12.4. The molecule has 0 saturated heterocycles. The predicted molar refractivity (Wildman–Crippen MR) is 115 cm³/mol. The molecule has 4 aromatic rings. The fourth-order valence-corrected chi connectivity index (χ4v) is 3.77. The lowest BCUT2D eigenvalue weighted by Gasteiger charge is -2.13. The number of aryl methyl sites for hydroxylation is 4. The summed E-state index contributed by atoms with van der Waals surface area (Å²) in [6.45, 7) is 0. The molecule has 0 radical (unpaired) electrons. The highest BCUT2D eigenvalue weighted by Crippen LogP contribution is 2.30. The Morgan fingerprint density at radius 2 is 1.86 bits per heavy atom. The molecule has 0 aliphatic carbocycles. The first-order valence-corrected chi connectivity index (χ1v) is 9.88. The smallest absolute Gasteiger partial charge is 0.0948 e. The van der Waals surface area contributed by atoms with Crippen LogP contribution in [0.15, 0.2) is 55.2 Å². The molecule has 0 unspecified atom stereocenters. The molecule has 144 valence electrons. The Labute approximate surface area is 174 Å². The molecule has 5 nitrogen and oxygen atoms in total. The van der Waals surface area contributed by atoms with Gasteiger partial charge in [-0.3, -0.25) is 4.98 Å². The van der Waals surface area contributed by atoms with Crippen molar-refractivity contribution in [2.75, 3.05) is 0 Å². The van der Waals surface area contributed by atoms with Crippen molar-refractivity contribution in [2.24, 2.45) is 7.05 Å². The topological polar surface area (TPSA) is 67.4 Å². The Morgan fingerprint density at radius 1 is 1.03 bits per heavy atom. The zero-order valence-corrected chi connectivity index (χ0v) is 16.9. The van der Waals surface area contributed by atoms with E-state index in [4.69, 9.17) is 21.8 Å². The van der Waals surface area contributed by atoms with Crippen molar-refractivity contribution in [3.63, 3.8) is 0 Å². The van der Waals surface area contributed by atoms with E-state index in [0.717, 1.165) is 40.7 Å². The zero-order chi connectivity index (χ0) is 20.2. The molecule has 0 aliphatic rings. The van der Waals surface area contributed by atoms with Crippen LogP contribution in [0.4, 0.5) is 0 Å². The van der Waals surface area contributed by atoms with Crippen LogP contribution in [-0.2, 0) is 26.3 Å². The summed E-state index contributed by atoms with van der Waals surface area (Å²) in [4.78, 5) is 13.2. The predicted octanol–water partition coefficient (Wildman–Crippen LogP) is 4.93. The maximum Gasteiger partial charge on any atom is 0.0948 e. The molecule has 0 fully saturated rings. The SMILES string of the molecule is Cn1cncc1-c1cc(CCc2ccncc2)c2cc(CCC#N)c(Cl)cc2n1. The van der Waals surface area contributed by atoms with Gasteiger partial charge in [0.15, 0.2) is 0 Å². The molecule has 29 heavy (non-hydrogen) atoms. The number of nitriles is 1. The van der Waals surface area contributed by atoms with Crippen LogP contribution in [0.25, 0.3) is 22.3 Å². The molecule has 0 atom stereocenters. The Bertz CT molecular complexity index is 1190. The number of aromatic nitrogens is 4. The number of hydrogen-bond acceptors (Lipinski definition) is 4. The third-order valence-electron chi connectivity index (χ3n) is 5.08. The second-order valence-electron chi connectivity index (χ2n) is 7.03. The molecule has 3 heterocycles. The molecular weight excluding hydrogens is 382 g/mol. The van der Waals surface area contributed by atoms with Gasteiger partial charge < -0.3 is 4.57 Å². The van der Waals surface area contributed by atoms with Gasteiger partial charge in [0.05, 0.1) is 35.5 Å². The third kappa shape index (κ3) is 4.13. The number of rotatable bonds is 6. The van der Waals surface area contributed by atoms with Gasteiger partial charge in [-0.2, -0.15) is 5.26 Å². The van der Waals surface area contributed by atoms with Crippen molar-refractivity contribution in [3.05, 3.63) is 77.0 Å². The monoisotopic (exact) mass is 401 g/mol. The zero-order valence-electron chi connectivity index (χ0n) is 16.1. The first-order chi connectivity index (χ1) is 14.2. The average Bonchev–Trinajstić information content (AvgIpc) is 3.17. The molecule has 0 amide bonds. The molecular formula is C23H20ClN5. The summed E-state index contributed by atoms with van der Waals surface area (Å²) >= 11 is 6.50. The van der Waals surface area contributed by atoms with E-state index < -0.39 is 0 Å². The van der Waals surface area contributed by atoms with E-state index >= 15 is 0 Å². The Hall–Kier alpha value is -3.23. The van der Waals surface area contributed by atoms with Crippen molar-refractivity contribution in [3.8, 4) is 17.5 Å². The summed E-state index contributed by atoms with van der Waals surface area (Å²) < 4.78 is 1.96. The van der Waals surface area contributed by atoms with Gasteiger partial charge in [-0.05, 0) is 66.3 Å². The molecule has 6 heteroatoms. The molecule has 0 bridgehead atoms. The number of nitrogens with zero attached hydrogens (tertiary/aromatic N) is 5. The maximum absolute atomic E-state index is 8.95. The number of halogens is 1. The fourth-order valence-electron chi connectivity index (χ4n) is 3.51. The molecule has 1 aromatic carbocycles. The van der Waals surface area contributed by atoms with Crippen LogP contribution in [-0.4, -0.2) is 19.5 Å². The minimum Gasteiger partial charge on any atom is -0.332 e. The van der Waals surface area contributed by atoms with Crippen molar-refractivity contribution in [1.82, 2.24) is 19.5 Å².